The first kappa shape index (κ1) is 55.1. The summed E-state index contributed by atoms with van der Waals surface area (Å²) in [4.78, 5) is 58.6. The summed E-state index contributed by atoms with van der Waals surface area (Å²) < 4.78 is 167. The standard InChI is InChI=1S/C24H24F6N4O3.C23H21F6N5O2/c1-2-32-8-10-33(11-9-32)23(37)34(19-5-3-4-17(25)21(19)27)14-16-7-6-15(12-18(16)26)20(35)13-31-22(36)24(28,29)30;1-2-32-8-10-33(11-9-32)22(35)34(18-5-3-4-16(24)19(18)26)13-15-7-6-14(12-17(15)25)20-30-31-21(36-20)23(27,28)29/h3-7,12H,2,8-11,13-14H2,1H3,(H,31,36);3-7,12H,2,8-11,13H2,1H3. The predicted octanol–water partition coefficient (Wildman–Crippen LogP) is 8.67. The maximum absolute atomic E-state index is 15.0. The average molecular weight is 1040 g/mol. The van der Waals surface area contributed by atoms with E-state index in [2.05, 4.69) is 24.4 Å². The van der Waals surface area contributed by atoms with Crippen LogP contribution < -0.4 is 15.1 Å². The van der Waals surface area contributed by atoms with E-state index in [1.807, 2.05) is 13.8 Å². The van der Waals surface area contributed by atoms with Gasteiger partial charge in [0.05, 0.1) is 31.0 Å². The number of Topliss-reactive ketones (excluding diaryl/α,β-unsaturated/α-hetero) is 1. The summed E-state index contributed by atoms with van der Waals surface area (Å²) in [5, 5.41) is 7.60. The van der Waals surface area contributed by atoms with Crippen molar-refractivity contribution < 1.29 is 76.3 Å². The van der Waals surface area contributed by atoms with Crippen LogP contribution in [0.4, 0.5) is 73.6 Å². The minimum Gasteiger partial charge on any atom is -0.413 e. The Morgan fingerprint density at radius 1 is 0.603 bits per heavy atom. The number of amides is 5. The predicted molar refractivity (Wildman–Crippen MR) is 238 cm³/mol. The molecule has 5 amide bonds. The van der Waals surface area contributed by atoms with E-state index < -0.39 is 108 Å². The number of alkyl halides is 6. The molecule has 2 saturated heterocycles. The van der Waals surface area contributed by atoms with E-state index in [0.29, 0.717) is 52.4 Å². The number of ketones is 1. The van der Waals surface area contributed by atoms with Crippen LogP contribution in [0.25, 0.3) is 11.5 Å². The van der Waals surface area contributed by atoms with E-state index in [0.717, 1.165) is 59.3 Å². The van der Waals surface area contributed by atoms with Crippen LogP contribution in [0.2, 0.25) is 0 Å². The molecule has 2 aliphatic heterocycles. The molecule has 392 valence electrons. The topological polar surface area (TPSA) is 139 Å². The van der Waals surface area contributed by atoms with Crippen LogP contribution in [0.3, 0.4) is 0 Å². The number of rotatable bonds is 12. The van der Waals surface area contributed by atoms with Crippen LogP contribution in [0.1, 0.15) is 41.2 Å². The zero-order valence-corrected chi connectivity index (χ0v) is 38.8. The molecule has 0 saturated carbocycles. The van der Waals surface area contributed by atoms with Gasteiger partial charge in [-0.05, 0) is 55.6 Å². The number of urea groups is 2. The van der Waals surface area contributed by atoms with Crippen LogP contribution in [0, 0.1) is 34.9 Å². The Morgan fingerprint density at radius 2 is 1.07 bits per heavy atom. The van der Waals surface area contributed by atoms with Gasteiger partial charge in [0.25, 0.3) is 0 Å². The zero-order chi connectivity index (χ0) is 53.4. The van der Waals surface area contributed by atoms with E-state index in [4.69, 9.17) is 0 Å². The maximum Gasteiger partial charge on any atom is 0.471 e. The fraction of sp³-hybridized carbons (Fsp3) is 0.362. The summed E-state index contributed by atoms with van der Waals surface area (Å²) in [6.45, 7) is 7.19. The third-order valence-corrected chi connectivity index (χ3v) is 11.8. The van der Waals surface area contributed by atoms with E-state index in [-0.39, 0.29) is 27.9 Å². The number of nitrogens with zero attached hydrogens (tertiary/aromatic N) is 8. The van der Waals surface area contributed by atoms with Crippen LogP contribution in [0.15, 0.2) is 77.2 Å². The Kier molecular flexibility index (Phi) is 17.8. The van der Waals surface area contributed by atoms with Crippen LogP contribution in [0.5, 0.6) is 0 Å². The summed E-state index contributed by atoms with van der Waals surface area (Å²) in [7, 11) is 0. The Balaban J connectivity index is 0.000000238. The first-order chi connectivity index (χ1) is 34.5. The number of anilines is 2. The zero-order valence-electron chi connectivity index (χ0n) is 38.8. The molecule has 4 aromatic carbocycles. The van der Waals surface area contributed by atoms with Crippen molar-refractivity contribution >= 4 is 35.1 Å². The number of benzene rings is 4. The summed E-state index contributed by atoms with van der Waals surface area (Å²) >= 11 is 0. The van der Waals surface area contributed by atoms with Gasteiger partial charge >= 0.3 is 36.2 Å². The Labute approximate surface area is 408 Å². The molecule has 5 aromatic rings. The molecule has 1 aromatic heterocycles. The van der Waals surface area contributed by atoms with Gasteiger partial charge in [-0.3, -0.25) is 19.4 Å². The molecule has 3 heterocycles. The van der Waals surface area contributed by atoms with Crippen molar-refractivity contribution in [1.82, 2.24) is 35.1 Å². The molecule has 0 spiro atoms. The third-order valence-electron chi connectivity index (χ3n) is 11.8. The molecule has 14 nitrogen and oxygen atoms in total. The van der Waals surface area contributed by atoms with Crippen LogP contribution in [-0.2, 0) is 24.1 Å². The second-order valence-corrected chi connectivity index (χ2v) is 16.4. The highest BCUT2D eigenvalue weighted by molar-refractivity contribution is 6.00. The number of piperazine rings is 2. The van der Waals surface area contributed by atoms with Crippen molar-refractivity contribution in [3.63, 3.8) is 0 Å². The molecule has 26 heteroatoms. The van der Waals surface area contributed by atoms with E-state index in [9.17, 15) is 71.9 Å². The van der Waals surface area contributed by atoms with Gasteiger partial charge < -0.3 is 29.3 Å². The lowest BCUT2D eigenvalue weighted by Gasteiger charge is -2.37. The number of carbonyl (C=O) groups excluding carboxylic acids is 4. The largest absolute Gasteiger partial charge is 0.471 e. The fourth-order valence-electron chi connectivity index (χ4n) is 7.58. The van der Waals surface area contributed by atoms with E-state index in [1.54, 1.807) is 0 Å². The molecule has 2 aliphatic rings. The van der Waals surface area contributed by atoms with Gasteiger partial charge in [0, 0.05) is 74.6 Å². The molecule has 0 atom stereocenters. The number of likely N-dealkylation sites (N-methyl/N-ethyl adjacent to an activating group) is 2. The van der Waals surface area contributed by atoms with Crippen molar-refractivity contribution in [1.29, 1.82) is 0 Å². The molecule has 0 aliphatic carbocycles. The Hall–Kier alpha value is -7.22. The van der Waals surface area contributed by atoms with Crippen molar-refractivity contribution in [2.45, 2.75) is 39.3 Å². The molecule has 73 heavy (non-hydrogen) atoms. The number of nitrogens with one attached hydrogen (secondary N) is 1. The van der Waals surface area contributed by atoms with Crippen molar-refractivity contribution in [2.75, 3.05) is 81.8 Å². The summed E-state index contributed by atoms with van der Waals surface area (Å²) in [6, 6.07) is 11.6. The van der Waals surface area contributed by atoms with Gasteiger partial charge in [-0.1, -0.05) is 44.2 Å². The number of hydrogen-bond acceptors (Lipinski definition) is 9. The van der Waals surface area contributed by atoms with Crippen LogP contribution >= 0.6 is 0 Å². The van der Waals surface area contributed by atoms with Crippen molar-refractivity contribution in [2.24, 2.45) is 0 Å². The number of aromatic nitrogens is 2. The summed E-state index contributed by atoms with van der Waals surface area (Å²) in [6.07, 6.45) is -10.0. The smallest absolute Gasteiger partial charge is 0.413 e. The first-order valence-corrected chi connectivity index (χ1v) is 22.3. The van der Waals surface area contributed by atoms with Gasteiger partial charge in [0.2, 0.25) is 5.89 Å². The fourth-order valence-corrected chi connectivity index (χ4v) is 7.58. The SMILES string of the molecule is CCN1CCN(C(=O)N(Cc2ccc(-c3nnc(C(F)(F)F)o3)cc2F)c2cccc(F)c2F)CC1.CCN1CCN(C(=O)N(Cc2ccc(C(=O)CNC(=O)C(F)(F)F)cc2F)c2cccc(F)c2F)CC1. The number of hydrogen-bond donors (Lipinski definition) is 1. The molecule has 0 radical (unpaired) electrons. The molecule has 1 N–H and O–H groups in total. The summed E-state index contributed by atoms with van der Waals surface area (Å²) in [5.74, 6) is -12.3. The minimum atomic E-state index is -5.18. The molecule has 0 bridgehead atoms. The highest BCUT2D eigenvalue weighted by atomic mass is 19.4. The van der Waals surface area contributed by atoms with Crippen molar-refractivity contribution in [3.8, 4) is 11.5 Å². The molecule has 0 unspecified atom stereocenters. The normalized spacial score (nSPS) is 14.6. The average Bonchev–Trinajstić information content (AvgIpc) is 3.88. The van der Waals surface area contributed by atoms with Gasteiger partial charge in [0.15, 0.2) is 29.1 Å². The number of halogens is 12. The van der Waals surface area contributed by atoms with E-state index >= 15 is 0 Å². The van der Waals surface area contributed by atoms with E-state index in [1.165, 1.54) is 51.5 Å². The lowest BCUT2D eigenvalue weighted by Crippen LogP contribution is -2.53. The van der Waals surface area contributed by atoms with Gasteiger partial charge in [-0.15, -0.1) is 10.2 Å². The van der Waals surface area contributed by atoms with Gasteiger partial charge in [0.1, 0.15) is 11.6 Å². The maximum atomic E-state index is 15.0. The summed E-state index contributed by atoms with van der Waals surface area (Å²) in [5.41, 5.74) is -1.46. The Morgan fingerprint density at radius 3 is 1.48 bits per heavy atom. The van der Waals surface area contributed by atoms with Gasteiger partial charge in [-0.2, -0.15) is 26.3 Å². The third kappa shape index (κ3) is 13.6. The van der Waals surface area contributed by atoms with Crippen molar-refractivity contribution in [3.05, 3.63) is 130 Å². The highest BCUT2D eigenvalue weighted by Crippen LogP contribution is 2.32. The lowest BCUT2D eigenvalue weighted by molar-refractivity contribution is -0.173. The number of carbonyl (C=O) groups is 4. The second kappa shape index (κ2) is 23.6. The minimum absolute atomic E-state index is 0.0847. The van der Waals surface area contributed by atoms with Crippen LogP contribution in [-0.4, -0.2) is 132 Å². The molecular formula is C47H45F12N9O5. The molecular weight excluding hydrogens is 999 g/mol. The Bertz CT molecular complexity index is 2780. The highest BCUT2D eigenvalue weighted by Gasteiger charge is 2.40. The first-order valence-electron chi connectivity index (χ1n) is 22.3. The second-order valence-electron chi connectivity index (χ2n) is 16.4. The molecule has 7 rings (SSSR count). The van der Waals surface area contributed by atoms with Gasteiger partial charge in [-0.25, -0.2) is 35.9 Å². The molecule has 2 fully saturated rings. The quantitative estimate of drug-likeness (QED) is 0.0962. The lowest BCUT2D eigenvalue weighted by atomic mass is 10.1. The monoisotopic (exact) mass is 1040 g/mol.